The van der Waals surface area contributed by atoms with Crippen LogP contribution in [0.2, 0.25) is 0 Å². The molecule has 3 aliphatic rings. The molecule has 2 aliphatic heterocycles. The van der Waals surface area contributed by atoms with Crippen molar-refractivity contribution in [2.24, 2.45) is 5.92 Å². The van der Waals surface area contributed by atoms with Gasteiger partial charge in [0.1, 0.15) is 12.2 Å². The van der Waals surface area contributed by atoms with E-state index in [1.807, 2.05) is 6.92 Å². The second-order valence-electron chi connectivity index (χ2n) is 7.61. The summed E-state index contributed by atoms with van der Waals surface area (Å²) in [4.78, 5) is 24.5. The van der Waals surface area contributed by atoms with Gasteiger partial charge in [0.15, 0.2) is 0 Å². The number of hydrogen-bond donors (Lipinski definition) is 2. The Morgan fingerprint density at radius 2 is 2.22 bits per heavy atom. The van der Waals surface area contributed by atoms with Crippen LogP contribution < -0.4 is 0 Å². The summed E-state index contributed by atoms with van der Waals surface area (Å²) in [5.41, 5.74) is 0.423. The Bertz CT molecular complexity index is 722. The summed E-state index contributed by atoms with van der Waals surface area (Å²) in [6.07, 6.45) is 1.27. The number of aliphatic hydroxyl groups is 2. The summed E-state index contributed by atoms with van der Waals surface area (Å²) in [6.45, 7) is 8.73. The molecule has 6 atom stereocenters. The van der Waals surface area contributed by atoms with Crippen LogP contribution >= 0.6 is 0 Å². The molecule has 148 valence electrons. The van der Waals surface area contributed by atoms with Crippen molar-refractivity contribution in [3.05, 3.63) is 35.5 Å². The van der Waals surface area contributed by atoms with Crippen LogP contribution in [0.15, 0.2) is 35.5 Å². The van der Waals surface area contributed by atoms with E-state index in [1.165, 1.54) is 0 Å². The molecule has 0 bridgehead atoms. The number of fused-ring (bicyclic) bond motifs is 2. The van der Waals surface area contributed by atoms with Gasteiger partial charge in [0.25, 0.3) is 0 Å². The zero-order valence-electron chi connectivity index (χ0n) is 15.8. The van der Waals surface area contributed by atoms with E-state index in [9.17, 15) is 19.8 Å². The van der Waals surface area contributed by atoms with Gasteiger partial charge in [-0.1, -0.05) is 12.7 Å². The highest BCUT2D eigenvalue weighted by atomic mass is 16.6. The molecular formula is C20H26O7. The third kappa shape index (κ3) is 3.72. The van der Waals surface area contributed by atoms with E-state index < -0.39 is 41.8 Å². The van der Waals surface area contributed by atoms with Crippen molar-refractivity contribution in [3.8, 4) is 0 Å². The Kier molecular flexibility index (Phi) is 5.29. The number of ether oxygens (including phenoxy) is 3. The SMILES string of the molecule is C=C1C(=O)O[C@@H]2/C=C(/CO)[C@@H](O)C[C@H]3O[C@]3(C)C[C@@H](OC(=O)/C(C)=C\C)[C@@H]12. The predicted octanol–water partition coefficient (Wildman–Crippen LogP) is 1.19. The van der Waals surface area contributed by atoms with Crippen molar-refractivity contribution >= 4 is 11.9 Å². The smallest absolute Gasteiger partial charge is 0.334 e. The molecule has 1 aliphatic carbocycles. The van der Waals surface area contributed by atoms with E-state index in [0.717, 1.165) is 0 Å². The second-order valence-corrected chi connectivity index (χ2v) is 7.61. The van der Waals surface area contributed by atoms with Crippen molar-refractivity contribution < 1.29 is 34.0 Å². The number of allylic oxidation sites excluding steroid dienone is 1. The fraction of sp³-hybridized carbons (Fsp3) is 0.600. The number of hydrogen-bond acceptors (Lipinski definition) is 7. The Hall–Kier alpha value is -1.96. The van der Waals surface area contributed by atoms with Gasteiger partial charge in [-0.3, -0.25) is 0 Å². The summed E-state index contributed by atoms with van der Waals surface area (Å²) < 4.78 is 16.9. The number of rotatable bonds is 3. The van der Waals surface area contributed by atoms with Gasteiger partial charge in [-0.15, -0.1) is 0 Å². The number of esters is 2. The first-order chi connectivity index (χ1) is 12.7. The first-order valence-electron chi connectivity index (χ1n) is 9.11. The normalized spacial score (nSPS) is 41.0. The molecule has 0 aromatic heterocycles. The third-order valence-electron chi connectivity index (χ3n) is 5.74. The fourth-order valence-corrected chi connectivity index (χ4v) is 3.77. The van der Waals surface area contributed by atoms with Gasteiger partial charge in [0, 0.05) is 24.0 Å². The number of carbonyl (C=O) groups is 2. The van der Waals surface area contributed by atoms with Crippen molar-refractivity contribution in [2.75, 3.05) is 6.61 Å². The van der Waals surface area contributed by atoms with Gasteiger partial charge in [-0.05, 0) is 32.4 Å². The number of carbonyl (C=O) groups excluding carboxylic acids is 2. The number of epoxide rings is 1. The Morgan fingerprint density at radius 1 is 1.52 bits per heavy atom. The Labute approximate surface area is 158 Å². The molecule has 0 unspecified atom stereocenters. The Morgan fingerprint density at radius 3 is 2.85 bits per heavy atom. The lowest BCUT2D eigenvalue weighted by molar-refractivity contribution is -0.148. The van der Waals surface area contributed by atoms with E-state index in [-0.39, 0.29) is 18.3 Å². The van der Waals surface area contributed by atoms with Crippen LogP contribution in [0.25, 0.3) is 0 Å². The van der Waals surface area contributed by atoms with Gasteiger partial charge in [0.2, 0.25) is 0 Å². The first-order valence-corrected chi connectivity index (χ1v) is 9.11. The zero-order valence-corrected chi connectivity index (χ0v) is 15.8. The minimum Gasteiger partial charge on any atom is -0.458 e. The minimum atomic E-state index is -0.903. The monoisotopic (exact) mass is 378 g/mol. The second kappa shape index (κ2) is 7.22. The summed E-state index contributed by atoms with van der Waals surface area (Å²) >= 11 is 0. The third-order valence-corrected chi connectivity index (χ3v) is 5.74. The quantitative estimate of drug-likeness (QED) is 0.329. The summed E-state index contributed by atoms with van der Waals surface area (Å²) in [7, 11) is 0. The van der Waals surface area contributed by atoms with E-state index in [0.29, 0.717) is 24.0 Å². The molecular weight excluding hydrogens is 352 g/mol. The molecule has 0 aromatic rings. The molecule has 3 rings (SSSR count). The molecule has 2 N–H and O–H groups in total. The molecule has 2 heterocycles. The highest BCUT2D eigenvalue weighted by Gasteiger charge is 2.57. The summed E-state index contributed by atoms with van der Waals surface area (Å²) in [5.74, 6) is -1.66. The van der Waals surface area contributed by atoms with Gasteiger partial charge < -0.3 is 24.4 Å². The lowest BCUT2D eigenvalue weighted by Gasteiger charge is -2.29. The maximum absolute atomic E-state index is 12.4. The van der Waals surface area contributed by atoms with Crippen molar-refractivity contribution in [2.45, 2.75) is 63.6 Å². The van der Waals surface area contributed by atoms with Crippen LogP contribution in [-0.2, 0) is 23.8 Å². The lowest BCUT2D eigenvalue weighted by atomic mass is 9.82. The van der Waals surface area contributed by atoms with Crippen LogP contribution in [-0.4, -0.2) is 58.8 Å². The zero-order chi connectivity index (χ0) is 19.9. The molecule has 2 fully saturated rings. The predicted molar refractivity (Wildman–Crippen MR) is 95.5 cm³/mol. The van der Waals surface area contributed by atoms with Crippen LogP contribution in [0, 0.1) is 5.92 Å². The molecule has 2 saturated heterocycles. The maximum Gasteiger partial charge on any atom is 0.334 e. The number of aliphatic hydroxyl groups excluding tert-OH is 2. The standard InChI is InChI=1S/C20H26O7/c1-5-10(2)18(23)26-15-8-20(4)16(27-20)7-13(22)12(9-21)6-14-17(15)11(3)19(24)25-14/h5-6,13-17,21-22H,3,7-9H2,1-2,4H3/b10-5-,12-6-/t13-,14+,15+,16+,17-,20+/m0/s1. The van der Waals surface area contributed by atoms with E-state index in [1.54, 1.807) is 26.0 Å². The lowest BCUT2D eigenvalue weighted by Crippen LogP contribution is -2.38. The van der Waals surface area contributed by atoms with Crippen molar-refractivity contribution in [1.82, 2.24) is 0 Å². The van der Waals surface area contributed by atoms with Gasteiger partial charge in [-0.2, -0.15) is 0 Å². The summed E-state index contributed by atoms with van der Waals surface area (Å²) in [6, 6.07) is 0. The van der Waals surface area contributed by atoms with Crippen LogP contribution in [0.5, 0.6) is 0 Å². The van der Waals surface area contributed by atoms with E-state index >= 15 is 0 Å². The van der Waals surface area contributed by atoms with E-state index in [4.69, 9.17) is 14.2 Å². The molecule has 7 heteroatoms. The Balaban J connectivity index is 2.00. The molecule has 0 amide bonds. The van der Waals surface area contributed by atoms with E-state index in [2.05, 4.69) is 6.58 Å². The van der Waals surface area contributed by atoms with Gasteiger partial charge in [0.05, 0.1) is 30.3 Å². The van der Waals surface area contributed by atoms with Crippen molar-refractivity contribution in [3.63, 3.8) is 0 Å². The highest BCUT2D eigenvalue weighted by molar-refractivity contribution is 5.92. The van der Waals surface area contributed by atoms with Crippen LogP contribution in [0.3, 0.4) is 0 Å². The summed E-state index contributed by atoms with van der Waals surface area (Å²) in [5, 5.41) is 20.1. The minimum absolute atomic E-state index is 0.209. The van der Waals surface area contributed by atoms with Gasteiger partial charge >= 0.3 is 11.9 Å². The largest absolute Gasteiger partial charge is 0.458 e. The average molecular weight is 378 g/mol. The van der Waals surface area contributed by atoms with Crippen LogP contribution in [0.1, 0.15) is 33.6 Å². The highest BCUT2D eigenvalue weighted by Crippen LogP contribution is 2.47. The molecule has 27 heavy (non-hydrogen) atoms. The van der Waals surface area contributed by atoms with Gasteiger partial charge in [-0.25, -0.2) is 9.59 Å². The molecule has 0 aromatic carbocycles. The molecule has 0 spiro atoms. The average Bonchev–Trinajstić information content (AvgIpc) is 3.15. The topological polar surface area (TPSA) is 106 Å². The maximum atomic E-state index is 12.4. The van der Waals surface area contributed by atoms with Crippen molar-refractivity contribution in [1.29, 1.82) is 0 Å². The molecule has 0 radical (unpaired) electrons. The fourth-order valence-electron chi connectivity index (χ4n) is 3.77. The molecule has 0 saturated carbocycles. The van der Waals surface area contributed by atoms with Crippen LogP contribution in [0.4, 0.5) is 0 Å². The molecule has 7 nitrogen and oxygen atoms in total. The first kappa shape index (κ1) is 19.8.